The zero-order valence-electron chi connectivity index (χ0n) is 17.7. The van der Waals surface area contributed by atoms with Crippen LogP contribution in [0.1, 0.15) is 37.0 Å². The molecule has 0 saturated heterocycles. The van der Waals surface area contributed by atoms with Gasteiger partial charge in [0.05, 0.1) is 11.4 Å². The normalized spacial score (nSPS) is 10.7. The molecule has 0 saturated carbocycles. The maximum absolute atomic E-state index is 13.0. The third-order valence-electron chi connectivity index (χ3n) is 5.04. The highest BCUT2D eigenvalue weighted by atomic mass is 32.1. The third-order valence-corrected chi connectivity index (χ3v) is 5.89. The van der Waals surface area contributed by atoms with Gasteiger partial charge in [0.2, 0.25) is 0 Å². The minimum absolute atomic E-state index is 0.0976. The van der Waals surface area contributed by atoms with Crippen molar-refractivity contribution in [3.05, 3.63) is 111 Å². The molecule has 168 valence electrons. The van der Waals surface area contributed by atoms with Gasteiger partial charge in [-0.1, -0.05) is 53.7 Å². The molecule has 4 rings (SSSR count). The standard InChI is InChI=1S/C25H22FN3O3S/c26-20-10-8-19(9-11-20)16-27-24(30)22-15-21(32-28-22)17-29(25(31)23-7-4-14-33-23)13-12-18-5-2-1-3-6-18/h1-11,14-15H,12-13,16-17H2,(H,27,30). The van der Waals surface area contributed by atoms with E-state index in [9.17, 15) is 14.0 Å². The number of thiophene rings is 1. The Hall–Kier alpha value is -3.78. The number of aromatic nitrogens is 1. The molecule has 0 aliphatic heterocycles. The molecule has 4 aromatic rings. The van der Waals surface area contributed by atoms with Crippen molar-refractivity contribution < 1.29 is 18.5 Å². The molecule has 2 aromatic carbocycles. The van der Waals surface area contributed by atoms with Crippen LogP contribution in [0.15, 0.2) is 82.7 Å². The summed E-state index contributed by atoms with van der Waals surface area (Å²) in [5, 5.41) is 8.45. The van der Waals surface area contributed by atoms with Crippen LogP contribution in [0.25, 0.3) is 0 Å². The lowest BCUT2D eigenvalue weighted by molar-refractivity contribution is 0.0734. The lowest BCUT2D eigenvalue weighted by Gasteiger charge is -2.20. The Morgan fingerprint density at radius 3 is 2.52 bits per heavy atom. The third kappa shape index (κ3) is 6.14. The van der Waals surface area contributed by atoms with Gasteiger partial charge in [0.1, 0.15) is 5.82 Å². The zero-order chi connectivity index (χ0) is 23.0. The molecule has 0 bridgehead atoms. The van der Waals surface area contributed by atoms with Gasteiger partial charge in [-0.25, -0.2) is 4.39 Å². The number of hydrogen-bond acceptors (Lipinski definition) is 5. The second-order valence-corrected chi connectivity index (χ2v) is 8.37. The van der Waals surface area contributed by atoms with Gasteiger partial charge in [0.15, 0.2) is 11.5 Å². The van der Waals surface area contributed by atoms with Gasteiger partial charge in [-0.3, -0.25) is 9.59 Å². The summed E-state index contributed by atoms with van der Waals surface area (Å²) in [5.74, 6) is -0.422. The maximum Gasteiger partial charge on any atom is 0.273 e. The van der Waals surface area contributed by atoms with Crippen LogP contribution in [0.3, 0.4) is 0 Å². The van der Waals surface area contributed by atoms with Crippen molar-refractivity contribution in [3.8, 4) is 0 Å². The Morgan fingerprint density at radius 2 is 1.79 bits per heavy atom. The van der Waals surface area contributed by atoms with Crippen LogP contribution >= 0.6 is 11.3 Å². The minimum atomic E-state index is -0.408. The fraction of sp³-hybridized carbons (Fsp3) is 0.160. The van der Waals surface area contributed by atoms with E-state index in [1.54, 1.807) is 23.1 Å². The summed E-state index contributed by atoms with van der Waals surface area (Å²) in [4.78, 5) is 27.8. The average Bonchev–Trinajstić information content (AvgIpc) is 3.54. The molecule has 33 heavy (non-hydrogen) atoms. The van der Waals surface area contributed by atoms with Crippen LogP contribution < -0.4 is 5.32 Å². The molecule has 0 unspecified atom stereocenters. The number of carbonyl (C=O) groups excluding carboxylic acids is 2. The van der Waals surface area contributed by atoms with Crippen LogP contribution in [0.2, 0.25) is 0 Å². The van der Waals surface area contributed by atoms with Crippen LogP contribution in [-0.4, -0.2) is 28.4 Å². The fourth-order valence-corrected chi connectivity index (χ4v) is 3.97. The van der Waals surface area contributed by atoms with Gasteiger partial charge < -0.3 is 14.7 Å². The Bertz CT molecular complexity index is 1190. The van der Waals surface area contributed by atoms with E-state index >= 15 is 0 Å². The molecule has 0 spiro atoms. The van der Waals surface area contributed by atoms with Gasteiger partial charge >= 0.3 is 0 Å². The van der Waals surface area contributed by atoms with Gasteiger partial charge in [-0.15, -0.1) is 11.3 Å². The van der Waals surface area contributed by atoms with Crippen molar-refractivity contribution in [2.24, 2.45) is 0 Å². The number of rotatable bonds is 9. The Balaban J connectivity index is 1.40. The summed E-state index contributed by atoms with van der Waals surface area (Å²) >= 11 is 1.38. The Kier molecular flexibility index (Phi) is 7.26. The van der Waals surface area contributed by atoms with Crippen LogP contribution in [0.4, 0.5) is 4.39 Å². The van der Waals surface area contributed by atoms with Crippen molar-refractivity contribution in [2.45, 2.75) is 19.5 Å². The van der Waals surface area contributed by atoms with Crippen LogP contribution in [0.5, 0.6) is 0 Å². The maximum atomic E-state index is 13.0. The quantitative estimate of drug-likeness (QED) is 0.391. The first kappa shape index (κ1) is 22.4. The number of nitrogens with one attached hydrogen (secondary N) is 1. The molecule has 0 aliphatic carbocycles. The number of hydrogen-bond donors (Lipinski definition) is 1. The van der Waals surface area contributed by atoms with Crippen molar-refractivity contribution in [3.63, 3.8) is 0 Å². The first-order chi connectivity index (χ1) is 16.1. The summed E-state index contributed by atoms with van der Waals surface area (Å²) < 4.78 is 18.4. The minimum Gasteiger partial charge on any atom is -0.359 e. The second kappa shape index (κ2) is 10.7. The van der Waals surface area contributed by atoms with Gasteiger partial charge in [-0.05, 0) is 41.1 Å². The van der Waals surface area contributed by atoms with Crippen molar-refractivity contribution in [1.29, 1.82) is 0 Å². The highest BCUT2D eigenvalue weighted by Crippen LogP contribution is 2.16. The van der Waals surface area contributed by atoms with E-state index in [4.69, 9.17) is 4.52 Å². The summed E-state index contributed by atoms with van der Waals surface area (Å²) in [6.45, 7) is 0.927. The van der Waals surface area contributed by atoms with E-state index < -0.39 is 5.91 Å². The SMILES string of the molecule is O=C(NCc1ccc(F)cc1)c1cc(CN(CCc2ccccc2)C(=O)c2cccs2)on1. The monoisotopic (exact) mass is 463 g/mol. The number of carbonyl (C=O) groups is 2. The van der Waals surface area contributed by atoms with E-state index in [1.807, 2.05) is 41.8 Å². The van der Waals surface area contributed by atoms with E-state index in [2.05, 4.69) is 10.5 Å². The Labute approximate surface area is 194 Å². The number of nitrogens with zero attached hydrogens (tertiary/aromatic N) is 2. The second-order valence-electron chi connectivity index (χ2n) is 7.43. The molecule has 2 aromatic heterocycles. The lowest BCUT2D eigenvalue weighted by atomic mass is 10.1. The lowest BCUT2D eigenvalue weighted by Crippen LogP contribution is -2.32. The largest absolute Gasteiger partial charge is 0.359 e. The highest BCUT2D eigenvalue weighted by molar-refractivity contribution is 7.12. The van der Waals surface area contributed by atoms with Crippen LogP contribution in [-0.2, 0) is 19.5 Å². The predicted octanol–water partition coefficient (Wildman–Crippen LogP) is 4.69. The van der Waals surface area contributed by atoms with E-state index in [1.165, 1.54) is 29.5 Å². The smallest absolute Gasteiger partial charge is 0.273 e. The molecular formula is C25H22FN3O3S. The summed E-state index contributed by atoms with van der Waals surface area (Å²) in [5.41, 5.74) is 2.01. The first-order valence-electron chi connectivity index (χ1n) is 10.4. The van der Waals surface area contributed by atoms with Crippen molar-refractivity contribution in [1.82, 2.24) is 15.4 Å². The molecule has 2 heterocycles. The molecule has 2 amide bonds. The predicted molar refractivity (Wildman–Crippen MR) is 123 cm³/mol. The van der Waals surface area contributed by atoms with Crippen molar-refractivity contribution >= 4 is 23.2 Å². The van der Waals surface area contributed by atoms with E-state index in [0.29, 0.717) is 23.6 Å². The molecule has 0 radical (unpaired) electrons. The van der Waals surface area contributed by atoms with Crippen LogP contribution in [0, 0.1) is 5.82 Å². The topological polar surface area (TPSA) is 75.4 Å². The number of halogens is 1. The summed E-state index contributed by atoms with van der Waals surface area (Å²) in [7, 11) is 0. The zero-order valence-corrected chi connectivity index (χ0v) is 18.6. The molecular weight excluding hydrogens is 441 g/mol. The molecule has 0 fully saturated rings. The van der Waals surface area contributed by atoms with Gasteiger partial charge in [-0.2, -0.15) is 0 Å². The molecule has 0 aliphatic rings. The van der Waals surface area contributed by atoms with E-state index in [0.717, 1.165) is 11.1 Å². The van der Waals surface area contributed by atoms with Gasteiger partial charge in [0, 0.05) is 19.2 Å². The number of benzene rings is 2. The first-order valence-corrected chi connectivity index (χ1v) is 11.3. The molecule has 8 heteroatoms. The average molecular weight is 464 g/mol. The van der Waals surface area contributed by atoms with E-state index in [-0.39, 0.29) is 30.5 Å². The van der Waals surface area contributed by atoms with Crippen molar-refractivity contribution in [2.75, 3.05) is 6.54 Å². The van der Waals surface area contributed by atoms with Gasteiger partial charge in [0.25, 0.3) is 11.8 Å². The molecule has 6 nitrogen and oxygen atoms in total. The fourth-order valence-electron chi connectivity index (χ4n) is 3.28. The summed E-state index contributed by atoms with van der Waals surface area (Å²) in [6.07, 6.45) is 0.692. The Morgan fingerprint density at radius 1 is 1.00 bits per heavy atom. The highest BCUT2D eigenvalue weighted by Gasteiger charge is 2.20. The molecule has 0 atom stereocenters. The summed E-state index contributed by atoms with van der Waals surface area (Å²) in [6, 6.07) is 21.0. The number of amides is 2. The molecule has 1 N–H and O–H groups in total.